The largest absolute Gasteiger partial charge is 0.334 e. The van der Waals surface area contributed by atoms with Gasteiger partial charge in [-0.2, -0.15) is 4.98 Å². The first-order chi connectivity index (χ1) is 13.6. The maximum Gasteiger partial charge on any atom is 0.258 e. The van der Waals surface area contributed by atoms with Gasteiger partial charge < -0.3 is 9.09 Å². The van der Waals surface area contributed by atoms with Crippen molar-refractivity contribution in [2.24, 2.45) is 0 Å². The Balaban J connectivity index is 1.50. The molecule has 4 aromatic rings. The Morgan fingerprint density at radius 1 is 1.07 bits per heavy atom. The maximum atomic E-state index is 6.03. The molecular weight excluding hydrogens is 394 g/mol. The van der Waals surface area contributed by atoms with Crippen LogP contribution in [0, 0.1) is 6.92 Å². The first-order valence-electron chi connectivity index (χ1n) is 8.85. The van der Waals surface area contributed by atoms with Crippen molar-refractivity contribution in [3.05, 3.63) is 64.9 Å². The predicted molar refractivity (Wildman–Crippen MR) is 110 cm³/mol. The average molecular weight is 412 g/mol. The van der Waals surface area contributed by atoms with Gasteiger partial charge in [-0.3, -0.25) is 0 Å². The second-order valence-corrected chi connectivity index (χ2v) is 7.61. The lowest BCUT2D eigenvalue weighted by molar-refractivity contribution is 0.425. The molecule has 28 heavy (non-hydrogen) atoms. The van der Waals surface area contributed by atoms with Gasteiger partial charge in [0.25, 0.3) is 5.89 Å². The molecule has 0 aliphatic rings. The van der Waals surface area contributed by atoms with Crippen molar-refractivity contribution >= 4 is 23.4 Å². The van der Waals surface area contributed by atoms with Crippen LogP contribution in [0.1, 0.15) is 18.3 Å². The fraction of sp³-hybridized carbons (Fsp3) is 0.200. The van der Waals surface area contributed by atoms with E-state index in [-0.39, 0.29) is 0 Å². The van der Waals surface area contributed by atoms with Crippen LogP contribution < -0.4 is 0 Å². The summed E-state index contributed by atoms with van der Waals surface area (Å²) in [5.74, 6) is 2.45. The summed E-state index contributed by atoms with van der Waals surface area (Å²) in [6.07, 6.45) is 0. The van der Waals surface area contributed by atoms with Gasteiger partial charge in [0.05, 0.1) is 5.75 Å². The average Bonchev–Trinajstić information content (AvgIpc) is 3.34. The summed E-state index contributed by atoms with van der Waals surface area (Å²) in [6, 6.07) is 15.6. The molecule has 0 aliphatic carbocycles. The first kappa shape index (κ1) is 18.7. The summed E-state index contributed by atoms with van der Waals surface area (Å²) < 4.78 is 7.45. The van der Waals surface area contributed by atoms with Gasteiger partial charge in [-0.25, -0.2) is 0 Å². The van der Waals surface area contributed by atoms with Crippen molar-refractivity contribution in [1.29, 1.82) is 0 Å². The Kier molecular flexibility index (Phi) is 5.45. The molecular formula is C20H18ClN5OS. The Labute approximate surface area is 172 Å². The molecule has 0 amide bonds. The lowest BCUT2D eigenvalue weighted by atomic mass is 10.1. The van der Waals surface area contributed by atoms with Gasteiger partial charge >= 0.3 is 0 Å². The zero-order valence-corrected chi connectivity index (χ0v) is 17.0. The van der Waals surface area contributed by atoms with E-state index >= 15 is 0 Å². The van der Waals surface area contributed by atoms with Crippen molar-refractivity contribution in [2.75, 3.05) is 0 Å². The SMILES string of the molecule is CCn1c(SCc2noc(-c3cccc(Cl)c3)n2)nnc1-c1ccc(C)cc1. The van der Waals surface area contributed by atoms with E-state index < -0.39 is 0 Å². The normalized spacial score (nSPS) is 11.1. The van der Waals surface area contributed by atoms with Gasteiger partial charge in [0.15, 0.2) is 16.8 Å². The number of benzene rings is 2. The first-order valence-corrected chi connectivity index (χ1v) is 10.2. The standard InChI is InChI=1S/C20H18ClN5OS/c1-3-26-18(14-9-7-13(2)8-10-14)23-24-20(26)28-12-17-22-19(27-25-17)15-5-4-6-16(21)11-15/h4-11H,3,12H2,1-2H3. The molecule has 6 nitrogen and oxygen atoms in total. The number of thioether (sulfide) groups is 1. The van der Waals surface area contributed by atoms with Gasteiger partial charge in [0, 0.05) is 22.7 Å². The highest BCUT2D eigenvalue weighted by molar-refractivity contribution is 7.98. The fourth-order valence-corrected chi connectivity index (χ4v) is 3.81. The second-order valence-electron chi connectivity index (χ2n) is 6.23. The molecule has 2 aromatic carbocycles. The van der Waals surface area contributed by atoms with E-state index in [4.69, 9.17) is 16.1 Å². The monoisotopic (exact) mass is 411 g/mol. The van der Waals surface area contributed by atoms with Gasteiger partial charge in [0.1, 0.15) is 0 Å². The van der Waals surface area contributed by atoms with E-state index in [2.05, 4.69) is 63.0 Å². The van der Waals surface area contributed by atoms with Gasteiger partial charge in [-0.15, -0.1) is 10.2 Å². The number of aryl methyl sites for hydroxylation is 1. The molecule has 0 radical (unpaired) electrons. The third kappa shape index (κ3) is 3.95. The van der Waals surface area contributed by atoms with E-state index in [0.717, 1.165) is 28.7 Å². The van der Waals surface area contributed by atoms with Gasteiger partial charge in [-0.05, 0) is 32.0 Å². The summed E-state index contributed by atoms with van der Waals surface area (Å²) in [4.78, 5) is 4.45. The number of rotatable bonds is 6. The molecule has 2 heterocycles. The van der Waals surface area contributed by atoms with E-state index in [9.17, 15) is 0 Å². The molecule has 0 saturated heterocycles. The molecule has 0 N–H and O–H groups in total. The summed E-state index contributed by atoms with van der Waals surface area (Å²) >= 11 is 7.56. The Bertz CT molecular complexity index is 1090. The van der Waals surface area contributed by atoms with E-state index in [0.29, 0.717) is 22.5 Å². The van der Waals surface area contributed by atoms with E-state index in [1.165, 1.54) is 17.3 Å². The highest BCUT2D eigenvalue weighted by Gasteiger charge is 2.15. The smallest absolute Gasteiger partial charge is 0.258 e. The van der Waals surface area contributed by atoms with Gasteiger partial charge in [0.2, 0.25) is 0 Å². The molecule has 0 unspecified atom stereocenters. The molecule has 4 rings (SSSR count). The topological polar surface area (TPSA) is 69.6 Å². The highest BCUT2D eigenvalue weighted by atomic mass is 35.5. The molecule has 0 atom stereocenters. The minimum absolute atomic E-state index is 0.454. The number of hydrogen-bond acceptors (Lipinski definition) is 6. The Morgan fingerprint density at radius 2 is 1.89 bits per heavy atom. The molecule has 8 heteroatoms. The van der Waals surface area contributed by atoms with Crippen LogP contribution >= 0.6 is 23.4 Å². The van der Waals surface area contributed by atoms with Crippen LogP contribution in [0.25, 0.3) is 22.8 Å². The number of aromatic nitrogens is 5. The molecule has 0 saturated carbocycles. The second kappa shape index (κ2) is 8.16. The van der Waals surface area contributed by atoms with Gasteiger partial charge in [-0.1, -0.05) is 64.4 Å². The van der Waals surface area contributed by atoms with Crippen LogP contribution in [-0.2, 0) is 12.3 Å². The zero-order valence-electron chi connectivity index (χ0n) is 15.5. The third-order valence-corrected chi connectivity index (χ3v) is 5.41. The van der Waals surface area contributed by atoms with Crippen molar-refractivity contribution in [3.8, 4) is 22.8 Å². The van der Waals surface area contributed by atoms with Crippen LogP contribution in [0.2, 0.25) is 5.02 Å². The summed E-state index contributed by atoms with van der Waals surface area (Å²) in [6.45, 7) is 4.92. The van der Waals surface area contributed by atoms with Crippen LogP contribution in [-0.4, -0.2) is 24.9 Å². The maximum absolute atomic E-state index is 6.03. The molecule has 0 fully saturated rings. The Hall–Kier alpha value is -2.64. The quantitative estimate of drug-likeness (QED) is 0.402. The van der Waals surface area contributed by atoms with E-state index in [1.807, 2.05) is 12.1 Å². The van der Waals surface area contributed by atoms with Crippen molar-refractivity contribution < 1.29 is 4.52 Å². The third-order valence-electron chi connectivity index (χ3n) is 4.21. The van der Waals surface area contributed by atoms with Crippen LogP contribution in [0.5, 0.6) is 0 Å². The van der Waals surface area contributed by atoms with E-state index in [1.54, 1.807) is 12.1 Å². The Morgan fingerprint density at radius 3 is 2.64 bits per heavy atom. The minimum Gasteiger partial charge on any atom is -0.334 e. The molecule has 142 valence electrons. The molecule has 0 aliphatic heterocycles. The molecule has 2 aromatic heterocycles. The van der Waals surface area contributed by atoms with Crippen molar-refractivity contribution in [2.45, 2.75) is 31.3 Å². The van der Waals surface area contributed by atoms with Crippen molar-refractivity contribution in [3.63, 3.8) is 0 Å². The zero-order chi connectivity index (χ0) is 19.5. The van der Waals surface area contributed by atoms with Crippen LogP contribution in [0.15, 0.2) is 58.2 Å². The number of hydrogen-bond donors (Lipinski definition) is 0. The minimum atomic E-state index is 0.454. The molecule has 0 bridgehead atoms. The molecule has 0 spiro atoms. The summed E-state index contributed by atoms with van der Waals surface area (Å²) in [7, 11) is 0. The summed E-state index contributed by atoms with van der Waals surface area (Å²) in [5, 5.41) is 14.2. The lowest BCUT2D eigenvalue weighted by Crippen LogP contribution is -2.00. The van der Waals surface area contributed by atoms with Crippen molar-refractivity contribution in [1.82, 2.24) is 24.9 Å². The predicted octanol–water partition coefficient (Wildman–Crippen LogP) is 5.27. The summed E-state index contributed by atoms with van der Waals surface area (Å²) in [5.41, 5.74) is 3.07. The lowest BCUT2D eigenvalue weighted by Gasteiger charge is -2.06. The van der Waals surface area contributed by atoms with Crippen LogP contribution in [0.4, 0.5) is 0 Å². The fourth-order valence-electron chi connectivity index (χ4n) is 2.78. The number of halogens is 1. The highest BCUT2D eigenvalue weighted by Crippen LogP contribution is 2.27. The number of nitrogens with zero attached hydrogens (tertiary/aromatic N) is 5. The van der Waals surface area contributed by atoms with Crippen LogP contribution in [0.3, 0.4) is 0 Å².